The Morgan fingerprint density at radius 3 is 2.45 bits per heavy atom. The minimum Gasteiger partial charge on any atom is -0.445 e. The number of hydrogen-bond acceptors (Lipinski definition) is 2. The molecule has 0 saturated heterocycles. The largest absolute Gasteiger partial charge is 0.445 e. The Balaban J connectivity index is 3.53. The van der Waals surface area contributed by atoms with Crippen LogP contribution in [0.4, 0.5) is 4.79 Å². The summed E-state index contributed by atoms with van der Waals surface area (Å²) in [6, 6.07) is 0. The molecule has 0 spiro atoms. The Labute approximate surface area is 68.8 Å². The molecule has 0 aromatic rings. The van der Waals surface area contributed by atoms with Crippen molar-refractivity contribution in [3.05, 3.63) is 0 Å². The maximum absolute atomic E-state index is 10.9. The molecule has 0 radical (unpaired) electrons. The van der Waals surface area contributed by atoms with Gasteiger partial charge in [0, 0.05) is 0 Å². The summed E-state index contributed by atoms with van der Waals surface area (Å²) in [6.45, 7) is 7.53. The lowest BCUT2D eigenvalue weighted by Crippen LogP contribution is -2.34. The van der Waals surface area contributed by atoms with Gasteiger partial charge < -0.3 is 9.96 Å². The number of nitrogens with one attached hydrogen (secondary N) is 1. The third-order valence-electron chi connectivity index (χ3n) is 0.918. The third kappa shape index (κ3) is 7.23. The smallest absolute Gasteiger partial charge is 0.395 e. The van der Waals surface area contributed by atoms with E-state index in [1.165, 1.54) is 0 Å². The molecule has 64 valence electrons. The first-order chi connectivity index (χ1) is 4.95. The van der Waals surface area contributed by atoms with Gasteiger partial charge in [0.05, 0.1) is 0 Å². The van der Waals surface area contributed by atoms with Crippen LogP contribution in [0.3, 0.4) is 0 Å². The van der Waals surface area contributed by atoms with Gasteiger partial charge in [0.1, 0.15) is 5.60 Å². The fourth-order valence-electron chi connectivity index (χ4n) is 0.541. The van der Waals surface area contributed by atoms with E-state index in [9.17, 15) is 4.79 Å². The molecule has 0 bridgehead atoms. The van der Waals surface area contributed by atoms with Gasteiger partial charge in [-0.1, -0.05) is 13.2 Å². The van der Waals surface area contributed by atoms with Gasteiger partial charge in [0.15, 0.2) is 0 Å². The normalized spacial score (nSPS) is 10.5. The molecule has 4 heteroatoms. The summed E-state index contributed by atoms with van der Waals surface area (Å²) in [6.07, 6.45) is 0.596. The summed E-state index contributed by atoms with van der Waals surface area (Å²) in [4.78, 5) is 10.9. The van der Waals surface area contributed by atoms with Crippen molar-refractivity contribution >= 4 is 13.5 Å². The quantitative estimate of drug-likeness (QED) is 0.613. The van der Waals surface area contributed by atoms with E-state index in [0.717, 1.165) is 6.32 Å². The van der Waals surface area contributed by atoms with Gasteiger partial charge in [-0.15, -0.1) is 0 Å². The molecule has 0 rings (SSSR count). The van der Waals surface area contributed by atoms with Crippen LogP contribution in [0.15, 0.2) is 0 Å². The van der Waals surface area contributed by atoms with E-state index in [1.54, 1.807) is 0 Å². The maximum Gasteiger partial charge on any atom is 0.395 e. The predicted octanol–water partition coefficient (Wildman–Crippen LogP) is 1.30. The highest BCUT2D eigenvalue weighted by Gasteiger charge is 2.14. The van der Waals surface area contributed by atoms with E-state index in [4.69, 9.17) is 4.74 Å². The first-order valence-electron chi connectivity index (χ1n) is 3.92. The van der Waals surface area contributed by atoms with Gasteiger partial charge >= 0.3 is 6.09 Å². The van der Waals surface area contributed by atoms with Crippen molar-refractivity contribution in [2.24, 2.45) is 0 Å². The summed E-state index contributed by atoms with van der Waals surface area (Å²) in [5, 5.41) is 2.63. The number of rotatable bonds is 2. The Hall–Kier alpha value is -0.665. The van der Waals surface area contributed by atoms with Crippen LogP contribution in [-0.4, -0.2) is 19.1 Å². The van der Waals surface area contributed by atoms with Crippen molar-refractivity contribution < 1.29 is 9.53 Å². The first kappa shape index (κ1) is 10.3. The average molecular weight is 157 g/mol. The molecule has 0 atom stereocenters. The van der Waals surface area contributed by atoms with Crippen molar-refractivity contribution in [1.29, 1.82) is 0 Å². The molecule has 0 aliphatic rings. The fraction of sp³-hybridized carbons (Fsp3) is 0.857. The summed E-state index contributed by atoms with van der Waals surface area (Å²) < 4.78 is 4.99. The molecule has 11 heavy (non-hydrogen) atoms. The first-order valence-corrected chi connectivity index (χ1v) is 3.92. The van der Waals surface area contributed by atoms with Crippen molar-refractivity contribution in [3.8, 4) is 0 Å². The van der Waals surface area contributed by atoms with E-state index < -0.39 is 5.60 Å². The molecule has 0 aliphatic heterocycles. The molecule has 0 saturated carbocycles. The maximum atomic E-state index is 10.9. The van der Waals surface area contributed by atoms with Gasteiger partial charge in [-0.05, 0) is 20.8 Å². The number of carbonyl (C=O) groups excluding carboxylic acids is 1. The second-order valence-electron chi connectivity index (χ2n) is 3.43. The second kappa shape index (κ2) is 4.26. The van der Waals surface area contributed by atoms with Gasteiger partial charge in [0.25, 0.3) is 0 Å². The van der Waals surface area contributed by atoms with Crippen molar-refractivity contribution in [1.82, 2.24) is 5.23 Å². The fourth-order valence-corrected chi connectivity index (χ4v) is 0.541. The van der Waals surface area contributed by atoms with Crippen LogP contribution in [0.2, 0.25) is 6.32 Å². The number of ether oxygens (including phenoxy) is 1. The van der Waals surface area contributed by atoms with E-state index in [1.807, 2.05) is 27.7 Å². The zero-order chi connectivity index (χ0) is 8.91. The van der Waals surface area contributed by atoms with Crippen LogP contribution in [-0.2, 0) is 4.74 Å². The second-order valence-corrected chi connectivity index (χ2v) is 3.43. The molecular weight excluding hydrogens is 141 g/mol. The highest BCUT2D eigenvalue weighted by atomic mass is 16.6. The SMILES string of the molecule is CCBNC(=O)OC(C)(C)C. The highest BCUT2D eigenvalue weighted by molar-refractivity contribution is 6.36. The van der Waals surface area contributed by atoms with Crippen LogP contribution in [0, 0.1) is 0 Å². The third-order valence-corrected chi connectivity index (χ3v) is 0.918. The molecule has 1 N–H and O–H groups in total. The van der Waals surface area contributed by atoms with Gasteiger partial charge in [-0.3, -0.25) is 0 Å². The minimum absolute atomic E-state index is 0.334. The summed E-state index contributed by atoms with van der Waals surface area (Å²) in [7, 11) is 0.676. The van der Waals surface area contributed by atoms with Crippen LogP contribution in [0.25, 0.3) is 0 Å². The number of amides is 1. The molecule has 1 amide bonds. The molecule has 0 heterocycles. The standard InChI is InChI=1S/C7H16BNO2/c1-5-8-9-6(10)11-7(2,3)4/h8H,5H2,1-4H3,(H,9,10). The van der Waals surface area contributed by atoms with Crippen LogP contribution < -0.4 is 5.23 Å². The Kier molecular flexibility index (Phi) is 4.00. The van der Waals surface area contributed by atoms with Crippen LogP contribution in [0.5, 0.6) is 0 Å². The molecule has 0 aromatic carbocycles. The number of hydrogen-bond donors (Lipinski definition) is 1. The van der Waals surface area contributed by atoms with Gasteiger partial charge in [-0.25, -0.2) is 4.79 Å². The van der Waals surface area contributed by atoms with Crippen LogP contribution >= 0.6 is 0 Å². The lowest BCUT2D eigenvalue weighted by molar-refractivity contribution is 0.0568. The zero-order valence-corrected chi connectivity index (χ0v) is 7.73. The highest BCUT2D eigenvalue weighted by Crippen LogP contribution is 2.05. The van der Waals surface area contributed by atoms with E-state index >= 15 is 0 Å². The van der Waals surface area contributed by atoms with Crippen molar-refractivity contribution in [2.45, 2.75) is 39.6 Å². The Morgan fingerprint density at radius 1 is 1.55 bits per heavy atom. The number of carbonyl (C=O) groups is 1. The molecule has 0 unspecified atom stereocenters. The average Bonchev–Trinajstić information content (AvgIpc) is 1.79. The van der Waals surface area contributed by atoms with E-state index in [2.05, 4.69) is 5.23 Å². The van der Waals surface area contributed by atoms with Gasteiger partial charge in [-0.2, -0.15) is 0 Å². The molecule has 0 aromatic heterocycles. The molecule has 3 nitrogen and oxygen atoms in total. The predicted molar refractivity (Wildman–Crippen MR) is 47.0 cm³/mol. The minimum atomic E-state index is -0.391. The summed E-state index contributed by atoms with van der Waals surface area (Å²) in [5.41, 5.74) is -0.391. The molecular formula is C7H16BNO2. The summed E-state index contributed by atoms with van der Waals surface area (Å²) in [5.74, 6) is 0. The van der Waals surface area contributed by atoms with Gasteiger partial charge in [0.2, 0.25) is 7.41 Å². The summed E-state index contributed by atoms with van der Waals surface area (Å²) >= 11 is 0. The van der Waals surface area contributed by atoms with E-state index in [-0.39, 0.29) is 6.09 Å². The zero-order valence-electron chi connectivity index (χ0n) is 7.73. The Bertz CT molecular complexity index is 131. The lowest BCUT2D eigenvalue weighted by atomic mass is 9.91. The van der Waals surface area contributed by atoms with E-state index in [0.29, 0.717) is 7.41 Å². The van der Waals surface area contributed by atoms with Crippen molar-refractivity contribution in [2.75, 3.05) is 0 Å². The monoisotopic (exact) mass is 157 g/mol. The topological polar surface area (TPSA) is 38.3 Å². The molecule has 0 fully saturated rings. The van der Waals surface area contributed by atoms with Crippen molar-refractivity contribution in [3.63, 3.8) is 0 Å². The Morgan fingerprint density at radius 2 is 2.09 bits per heavy atom. The molecule has 0 aliphatic carbocycles. The lowest BCUT2D eigenvalue weighted by Gasteiger charge is -2.19. The van der Waals surface area contributed by atoms with Crippen LogP contribution in [0.1, 0.15) is 27.7 Å².